The molecule has 2 atom stereocenters. The Morgan fingerprint density at radius 3 is 2.68 bits per heavy atom. The molecule has 0 bridgehead atoms. The zero-order valence-corrected chi connectivity index (χ0v) is 15.2. The molecule has 25 heavy (non-hydrogen) atoms. The van der Waals surface area contributed by atoms with E-state index in [0.29, 0.717) is 6.42 Å². The van der Waals surface area contributed by atoms with Crippen molar-refractivity contribution < 1.29 is 9.53 Å². The van der Waals surface area contributed by atoms with Gasteiger partial charge in [0, 0.05) is 12.5 Å². The lowest BCUT2D eigenvalue weighted by Gasteiger charge is -2.23. The van der Waals surface area contributed by atoms with Crippen LogP contribution in [0.1, 0.15) is 42.5 Å². The summed E-state index contributed by atoms with van der Waals surface area (Å²) >= 11 is 0. The zero-order valence-electron chi connectivity index (χ0n) is 14.4. The first-order valence-corrected chi connectivity index (χ1v) is 8.49. The van der Waals surface area contributed by atoms with Crippen LogP contribution in [0.4, 0.5) is 0 Å². The number of nitrogens with two attached hydrogens (primary N) is 1. The highest BCUT2D eigenvalue weighted by atomic mass is 35.5. The van der Waals surface area contributed by atoms with Crippen LogP contribution in [0.15, 0.2) is 48.5 Å². The van der Waals surface area contributed by atoms with E-state index < -0.39 is 0 Å². The number of aryl methyl sites for hydroxylation is 1. The first-order valence-electron chi connectivity index (χ1n) is 8.49. The molecule has 0 spiro atoms. The van der Waals surface area contributed by atoms with E-state index in [2.05, 4.69) is 11.4 Å². The lowest BCUT2D eigenvalue weighted by atomic mass is 9.94. The topological polar surface area (TPSA) is 64.4 Å². The molecule has 134 valence electrons. The Labute approximate surface area is 155 Å². The maximum absolute atomic E-state index is 12.3. The van der Waals surface area contributed by atoms with Crippen LogP contribution in [0, 0.1) is 0 Å². The van der Waals surface area contributed by atoms with Crippen molar-refractivity contribution in [3.63, 3.8) is 0 Å². The minimum Gasteiger partial charge on any atom is -0.493 e. The number of nitrogens with one attached hydrogen (secondary N) is 1. The third kappa shape index (κ3) is 4.97. The molecule has 0 aliphatic carbocycles. The molecule has 3 N–H and O–H groups in total. The van der Waals surface area contributed by atoms with E-state index in [1.807, 2.05) is 49.4 Å². The Morgan fingerprint density at radius 2 is 1.96 bits per heavy atom. The molecule has 1 aliphatic heterocycles. The van der Waals surface area contributed by atoms with Crippen molar-refractivity contribution in [3.05, 3.63) is 65.2 Å². The van der Waals surface area contributed by atoms with Gasteiger partial charge in [0.1, 0.15) is 5.75 Å². The van der Waals surface area contributed by atoms with Gasteiger partial charge >= 0.3 is 0 Å². The molecule has 2 unspecified atom stereocenters. The van der Waals surface area contributed by atoms with Crippen LogP contribution in [-0.2, 0) is 11.2 Å². The molecule has 0 aromatic heterocycles. The predicted octanol–water partition coefficient (Wildman–Crippen LogP) is 3.38. The van der Waals surface area contributed by atoms with Gasteiger partial charge < -0.3 is 15.8 Å². The normalized spacial score (nSPS) is 15.1. The lowest BCUT2D eigenvalue weighted by Crippen LogP contribution is -2.33. The van der Waals surface area contributed by atoms with Gasteiger partial charge in [-0.2, -0.15) is 0 Å². The number of benzene rings is 2. The monoisotopic (exact) mass is 360 g/mol. The van der Waals surface area contributed by atoms with Crippen molar-refractivity contribution in [3.8, 4) is 5.75 Å². The summed E-state index contributed by atoms with van der Waals surface area (Å²) in [6.45, 7) is 2.62. The summed E-state index contributed by atoms with van der Waals surface area (Å²) in [5, 5.41) is 3.13. The van der Waals surface area contributed by atoms with E-state index in [4.69, 9.17) is 10.5 Å². The van der Waals surface area contributed by atoms with Gasteiger partial charge in [0.2, 0.25) is 5.91 Å². The summed E-state index contributed by atoms with van der Waals surface area (Å²) in [6, 6.07) is 15.9. The largest absolute Gasteiger partial charge is 0.493 e. The summed E-state index contributed by atoms with van der Waals surface area (Å²) < 4.78 is 5.69. The fourth-order valence-corrected chi connectivity index (χ4v) is 3.08. The number of amides is 1. The second-order valence-corrected chi connectivity index (χ2v) is 6.41. The van der Waals surface area contributed by atoms with E-state index in [0.717, 1.165) is 36.3 Å². The van der Waals surface area contributed by atoms with Crippen LogP contribution >= 0.6 is 12.4 Å². The second-order valence-electron chi connectivity index (χ2n) is 6.41. The molecule has 3 rings (SSSR count). The predicted molar refractivity (Wildman–Crippen MR) is 102 cm³/mol. The number of hydrogen-bond acceptors (Lipinski definition) is 3. The highest BCUT2D eigenvalue weighted by Gasteiger charge is 2.20. The summed E-state index contributed by atoms with van der Waals surface area (Å²) in [5.74, 6) is 0.923. The van der Waals surface area contributed by atoms with Crippen molar-refractivity contribution in [2.75, 3.05) is 6.61 Å². The summed E-state index contributed by atoms with van der Waals surface area (Å²) in [5.41, 5.74) is 9.10. The molecule has 0 saturated carbocycles. The molecule has 1 heterocycles. The molecule has 1 aliphatic rings. The Hall–Kier alpha value is -2.04. The molecule has 4 nitrogen and oxygen atoms in total. The Bertz CT molecular complexity index is 704. The average Bonchev–Trinajstić information content (AvgIpc) is 2.59. The molecular weight excluding hydrogens is 336 g/mol. The summed E-state index contributed by atoms with van der Waals surface area (Å²) in [4.78, 5) is 12.3. The fraction of sp³-hybridized carbons (Fsp3) is 0.350. The van der Waals surface area contributed by atoms with E-state index >= 15 is 0 Å². The minimum atomic E-state index is -0.176. The molecule has 5 heteroatoms. The van der Waals surface area contributed by atoms with Gasteiger partial charge in [0.25, 0.3) is 0 Å². The van der Waals surface area contributed by atoms with E-state index in [9.17, 15) is 4.79 Å². The number of carbonyl (C=O) groups is 1. The number of halogens is 1. The first kappa shape index (κ1) is 19.3. The van der Waals surface area contributed by atoms with E-state index in [1.54, 1.807) is 0 Å². The number of rotatable bonds is 5. The molecular formula is C20H25ClN2O2. The summed E-state index contributed by atoms with van der Waals surface area (Å²) in [7, 11) is 0. The lowest BCUT2D eigenvalue weighted by molar-refractivity contribution is -0.121. The molecule has 2 aromatic carbocycles. The first-order chi connectivity index (χ1) is 11.6. The van der Waals surface area contributed by atoms with E-state index in [-0.39, 0.29) is 30.4 Å². The molecule has 0 fully saturated rings. The Morgan fingerprint density at radius 1 is 1.20 bits per heavy atom. The molecule has 1 amide bonds. The van der Waals surface area contributed by atoms with Crippen molar-refractivity contribution in [1.29, 1.82) is 0 Å². The smallest absolute Gasteiger partial charge is 0.222 e. The third-order valence-electron chi connectivity index (χ3n) is 4.21. The van der Waals surface area contributed by atoms with Gasteiger partial charge in [-0.25, -0.2) is 0 Å². The SMILES string of the molecule is CC(N)CC(=O)NC(c1ccccc1)c1ccc2c(c1)CCCO2.Cl. The van der Waals surface area contributed by atoms with Gasteiger partial charge in [-0.05, 0) is 48.6 Å². The van der Waals surface area contributed by atoms with Gasteiger partial charge in [0.15, 0.2) is 0 Å². The number of hydrogen-bond donors (Lipinski definition) is 2. The maximum atomic E-state index is 12.3. The molecule has 0 radical (unpaired) electrons. The number of ether oxygens (including phenoxy) is 1. The Kier molecular flexibility index (Phi) is 6.85. The molecule has 2 aromatic rings. The number of fused-ring (bicyclic) bond motifs is 1. The van der Waals surface area contributed by atoms with Crippen molar-refractivity contribution >= 4 is 18.3 Å². The zero-order chi connectivity index (χ0) is 16.9. The van der Waals surface area contributed by atoms with Crippen LogP contribution < -0.4 is 15.8 Å². The standard InChI is InChI=1S/C20H24N2O2.ClH/c1-14(21)12-19(23)22-20(15-6-3-2-4-7-15)17-9-10-18-16(13-17)8-5-11-24-18;/h2-4,6-7,9-10,13-14,20H,5,8,11-12,21H2,1H3,(H,22,23);1H. The van der Waals surface area contributed by atoms with Gasteiger partial charge in [-0.3, -0.25) is 4.79 Å². The van der Waals surface area contributed by atoms with Crippen LogP contribution in [-0.4, -0.2) is 18.6 Å². The minimum absolute atomic E-state index is 0. The molecule has 0 saturated heterocycles. The van der Waals surface area contributed by atoms with Gasteiger partial charge in [-0.1, -0.05) is 36.4 Å². The van der Waals surface area contributed by atoms with Gasteiger partial charge in [0.05, 0.1) is 12.6 Å². The van der Waals surface area contributed by atoms with Crippen molar-refractivity contribution in [2.24, 2.45) is 5.73 Å². The number of carbonyl (C=O) groups excluding carboxylic acids is 1. The Balaban J connectivity index is 0.00000225. The van der Waals surface area contributed by atoms with Crippen LogP contribution in [0.3, 0.4) is 0 Å². The second kappa shape index (κ2) is 8.88. The van der Waals surface area contributed by atoms with Crippen molar-refractivity contribution in [1.82, 2.24) is 5.32 Å². The van der Waals surface area contributed by atoms with Crippen LogP contribution in [0.5, 0.6) is 5.75 Å². The van der Waals surface area contributed by atoms with Crippen molar-refractivity contribution in [2.45, 2.75) is 38.3 Å². The summed E-state index contributed by atoms with van der Waals surface area (Å²) in [6.07, 6.45) is 2.36. The van der Waals surface area contributed by atoms with Gasteiger partial charge in [-0.15, -0.1) is 12.4 Å². The van der Waals surface area contributed by atoms with E-state index in [1.165, 1.54) is 5.56 Å². The highest BCUT2D eigenvalue weighted by Crippen LogP contribution is 2.30. The highest BCUT2D eigenvalue weighted by molar-refractivity contribution is 5.85. The fourth-order valence-electron chi connectivity index (χ4n) is 3.08. The third-order valence-corrected chi connectivity index (χ3v) is 4.21. The van der Waals surface area contributed by atoms with Crippen LogP contribution in [0.2, 0.25) is 0 Å². The maximum Gasteiger partial charge on any atom is 0.222 e. The van der Waals surface area contributed by atoms with Crippen LogP contribution in [0.25, 0.3) is 0 Å². The average molecular weight is 361 g/mol. The quantitative estimate of drug-likeness (QED) is 0.859.